The summed E-state index contributed by atoms with van der Waals surface area (Å²) in [5.41, 5.74) is 1.88. The number of carbonyl (C=O) groups is 1. The van der Waals surface area contributed by atoms with Crippen LogP contribution in [0.25, 0.3) is 0 Å². The zero-order valence-electron chi connectivity index (χ0n) is 16.0. The first kappa shape index (κ1) is 19.4. The fourth-order valence-corrected chi connectivity index (χ4v) is 3.82. The van der Waals surface area contributed by atoms with Crippen molar-refractivity contribution in [2.45, 2.75) is 39.3 Å². The van der Waals surface area contributed by atoms with Crippen LogP contribution < -0.4 is 10.6 Å². The number of aromatic nitrogens is 1. The summed E-state index contributed by atoms with van der Waals surface area (Å²) in [6, 6.07) is 7.84. The lowest BCUT2D eigenvalue weighted by molar-refractivity contribution is 0.0724. The summed E-state index contributed by atoms with van der Waals surface area (Å²) in [7, 11) is 1.75. The number of nitrogens with one attached hydrogen (secondary N) is 2. The van der Waals surface area contributed by atoms with Crippen LogP contribution in [-0.2, 0) is 13.1 Å². The van der Waals surface area contributed by atoms with Crippen molar-refractivity contribution in [2.24, 2.45) is 4.99 Å². The fraction of sp³-hybridized carbons (Fsp3) is 0.450. The van der Waals surface area contributed by atoms with Crippen LogP contribution in [0.1, 0.15) is 45.1 Å². The van der Waals surface area contributed by atoms with Crippen molar-refractivity contribution in [1.29, 1.82) is 0 Å². The van der Waals surface area contributed by atoms with E-state index in [1.165, 1.54) is 11.3 Å². The van der Waals surface area contributed by atoms with Gasteiger partial charge in [0.15, 0.2) is 5.96 Å². The number of rotatable bonds is 5. The zero-order valence-corrected chi connectivity index (χ0v) is 16.8. The van der Waals surface area contributed by atoms with E-state index in [0.717, 1.165) is 48.0 Å². The monoisotopic (exact) mass is 385 g/mol. The lowest BCUT2D eigenvalue weighted by Gasteiger charge is -2.26. The number of nitrogens with zero attached hydrogens (tertiary/aromatic N) is 3. The molecular weight excluding hydrogens is 358 g/mol. The first-order chi connectivity index (χ1) is 13.2. The Bertz CT molecular complexity index is 778. The Kier molecular flexibility index (Phi) is 6.81. The van der Waals surface area contributed by atoms with Crippen LogP contribution in [0.4, 0.5) is 0 Å². The second kappa shape index (κ2) is 9.50. The Balaban J connectivity index is 1.49. The lowest BCUT2D eigenvalue weighted by atomic mass is 10.1. The van der Waals surface area contributed by atoms with Gasteiger partial charge >= 0.3 is 0 Å². The highest BCUT2D eigenvalue weighted by atomic mass is 32.1. The highest BCUT2D eigenvalue weighted by molar-refractivity contribution is 7.11. The van der Waals surface area contributed by atoms with Crippen molar-refractivity contribution >= 4 is 23.2 Å². The van der Waals surface area contributed by atoms with Crippen molar-refractivity contribution in [3.8, 4) is 0 Å². The van der Waals surface area contributed by atoms with E-state index in [0.29, 0.717) is 13.1 Å². The molecule has 7 heteroatoms. The summed E-state index contributed by atoms with van der Waals surface area (Å²) in [4.78, 5) is 24.3. The van der Waals surface area contributed by atoms with Crippen molar-refractivity contribution in [3.63, 3.8) is 0 Å². The van der Waals surface area contributed by atoms with E-state index in [2.05, 4.69) is 20.6 Å². The van der Waals surface area contributed by atoms with Gasteiger partial charge in [0.1, 0.15) is 5.01 Å². The predicted octanol–water partition coefficient (Wildman–Crippen LogP) is 2.94. The van der Waals surface area contributed by atoms with Gasteiger partial charge in [-0.25, -0.2) is 4.98 Å². The second-order valence-electron chi connectivity index (χ2n) is 6.69. The first-order valence-corrected chi connectivity index (χ1v) is 10.2. The first-order valence-electron chi connectivity index (χ1n) is 9.40. The molecule has 2 aromatic rings. The van der Waals surface area contributed by atoms with E-state index in [4.69, 9.17) is 0 Å². The summed E-state index contributed by atoms with van der Waals surface area (Å²) >= 11 is 1.68. The van der Waals surface area contributed by atoms with E-state index >= 15 is 0 Å². The van der Waals surface area contributed by atoms with Crippen LogP contribution in [0.5, 0.6) is 0 Å². The Morgan fingerprint density at radius 1 is 1.15 bits per heavy atom. The average Bonchev–Trinajstić information content (AvgIpc) is 3.14. The van der Waals surface area contributed by atoms with Gasteiger partial charge < -0.3 is 15.5 Å². The molecule has 3 rings (SSSR count). The number of benzene rings is 1. The van der Waals surface area contributed by atoms with E-state index in [1.807, 2.05) is 42.3 Å². The Hall–Kier alpha value is -2.41. The van der Waals surface area contributed by atoms with Crippen molar-refractivity contribution < 1.29 is 4.79 Å². The smallest absolute Gasteiger partial charge is 0.253 e. The number of aliphatic imine (C=N–C) groups is 1. The predicted molar refractivity (Wildman–Crippen MR) is 110 cm³/mol. The van der Waals surface area contributed by atoms with Gasteiger partial charge in [0, 0.05) is 43.3 Å². The third kappa shape index (κ3) is 5.53. The molecule has 27 heavy (non-hydrogen) atoms. The largest absolute Gasteiger partial charge is 0.352 e. The standard InChI is InChI=1S/C20H27N5OS/c1-15-12-22-18(27-15)14-24-20(21-2)23-13-16-6-8-17(9-7-16)19(26)25-10-4-3-5-11-25/h6-9,12H,3-5,10-11,13-14H2,1-2H3,(H2,21,23,24). The normalized spacial score (nSPS) is 14.9. The second-order valence-corrected chi connectivity index (χ2v) is 8.01. The minimum absolute atomic E-state index is 0.144. The highest BCUT2D eigenvalue weighted by Crippen LogP contribution is 2.14. The molecule has 0 atom stereocenters. The summed E-state index contributed by atoms with van der Waals surface area (Å²) in [6.07, 6.45) is 5.33. The fourth-order valence-electron chi connectivity index (χ4n) is 3.09. The molecule has 1 fully saturated rings. The molecular formula is C20H27N5OS. The summed E-state index contributed by atoms with van der Waals surface area (Å²) in [5.74, 6) is 0.877. The molecule has 0 unspecified atom stereocenters. The van der Waals surface area contributed by atoms with Crippen molar-refractivity contribution in [2.75, 3.05) is 20.1 Å². The van der Waals surface area contributed by atoms with E-state index in [9.17, 15) is 4.79 Å². The summed E-state index contributed by atoms with van der Waals surface area (Å²) < 4.78 is 0. The molecule has 2 N–H and O–H groups in total. The number of thiazole rings is 1. The van der Waals surface area contributed by atoms with Gasteiger partial charge in [-0.1, -0.05) is 12.1 Å². The van der Waals surface area contributed by atoms with Gasteiger partial charge in [-0.05, 0) is 43.9 Å². The van der Waals surface area contributed by atoms with Crippen LogP contribution in [0, 0.1) is 6.92 Å². The number of hydrogen-bond donors (Lipinski definition) is 2. The van der Waals surface area contributed by atoms with Crippen LogP contribution in [-0.4, -0.2) is 41.9 Å². The topological polar surface area (TPSA) is 69.6 Å². The van der Waals surface area contributed by atoms with Gasteiger partial charge in [-0.3, -0.25) is 9.79 Å². The lowest BCUT2D eigenvalue weighted by Crippen LogP contribution is -2.36. The molecule has 1 aliphatic rings. The summed E-state index contributed by atoms with van der Waals surface area (Å²) in [6.45, 7) is 5.11. The average molecular weight is 386 g/mol. The maximum atomic E-state index is 12.5. The molecule has 1 aliphatic heterocycles. The van der Waals surface area contributed by atoms with E-state index in [1.54, 1.807) is 18.4 Å². The number of likely N-dealkylation sites (tertiary alicyclic amines) is 1. The minimum Gasteiger partial charge on any atom is -0.352 e. The van der Waals surface area contributed by atoms with Gasteiger partial charge in [-0.15, -0.1) is 11.3 Å². The van der Waals surface area contributed by atoms with Gasteiger partial charge in [-0.2, -0.15) is 0 Å². The Morgan fingerprint density at radius 2 is 1.85 bits per heavy atom. The molecule has 0 spiro atoms. The molecule has 0 bridgehead atoms. The molecule has 0 saturated carbocycles. The molecule has 1 amide bonds. The molecule has 6 nitrogen and oxygen atoms in total. The molecule has 2 heterocycles. The molecule has 144 valence electrons. The third-order valence-corrected chi connectivity index (χ3v) is 5.52. The van der Waals surface area contributed by atoms with Crippen LogP contribution in [0.15, 0.2) is 35.5 Å². The number of piperidine rings is 1. The quantitative estimate of drug-likeness (QED) is 0.613. The minimum atomic E-state index is 0.144. The number of aryl methyl sites for hydroxylation is 1. The maximum absolute atomic E-state index is 12.5. The number of carbonyl (C=O) groups excluding carboxylic acids is 1. The van der Waals surface area contributed by atoms with Crippen LogP contribution in [0.3, 0.4) is 0 Å². The van der Waals surface area contributed by atoms with E-state index in [-0.39, 0.29) is 5.91 Å². The SMILES string of the molecule is CN=C(NCc1ccc(C(=O)N2CCCCC2)cc1)NCc1ncc(C)s1. The van der Waals surface area contributed by atoms with Gasteiger partial charge in [0.05, 0.1) is 6.54 Å². The maximum Gasteiger partial charge on any atom is 0.253 e. The van der Waals surface area contributed by atoms with Crippen molar-refractivity contribution in [1.82, 2.24) is 20.5 Å². The van der Waals surface area contributed by atoms with E-state index < -0.39 is 0 Å². The van der Waals surface area contributed by atoms with Crippen LogP contribution >= 0.6 is 11.3 Å². The summed E-state index contributed by atoms with van der Waals surface area (Å²) in [5, 5.41) is 7.60. The Labute approximate surface area is 164 Å². The number of guanidine groups is 1. The molecule has 1 saturated heterocycles. The molecule has 1 aromatic carbocycles. The number of amides is 1. The highest BCUT2D eigenvalue weighted by Gasteiger charge is 2.17. The zero-order chi connectivity index (χ0) is 19.1. The molecule has 0 radical (unpaired) electrons. The van der Waals surface area contributed by atoms with Gasteiger partial charge in [0.25, 0.3) is 5.91 Å². The third-order valence-electron chi connectivity index (χ3n) is 4.60. The van der Waals surface area contributed by atoms with Crippen LogP contribution in [0.2, 0.25) is 0 Å². The molecule has 1 aromatic heterocycles. The number of hydrogen-bond acceptors (Lipinski definition) is 4. The molecule has 0 aliphatic carbocycles. The van der Waals surface area contributed by atoms with Gasteiger partial charge in [0.2, 0.25) is 0 Å². The Morgan fingerprint density at radius 3 is 2.48 bits per heavy atom. The van der Waals surface area contributed by atoms with Crippen molar-refractivity contribution in [3.05, 3.63) is 51.5 Å².